The molecule has 0 saturated carbocycles. The number of nitrogens with one attached hydrogen (secondary N) is 1. The minimum absolute atomic E-state index is 0.307. The van der Waals surface area contributed by atoms with Crippen LogP contribution in [-0.2, 0) is 4.74 Å². The van der Waals surface area contributed by atoms with Gasteiger partial charge in [0.1, 0.15) is 24.4 Å². The van der Waals surface area contributed by atoms with E-state index in [0.717, 1.165) is 10.9 Å². The van der Waals surface area contributed by atoms with Gasteiger partial charge in [0.05, 0.1) is 6.61 Å². The molecule has 0 spiro atoms. The number of rotatable bonds is 3. The van der Waals surface area contributed by atoms with E-state index in [-0.39, 0.29) is 0 Å². The van der Waals surface area contributed by atoms with Gasteiger partial charge < -0.3 is 34.9 Å². The summed E-state index contributed by atoms with van der Waals surface area (Å²) in [7, 11) is 0. The van der Waals surface area contributed by atoms with Crippen molar-refractivity contribution in [2.75, 3.05) is 6.61 Å². The van der Waals surface area contributed by atoms with Gasteiger partial charge in [0, 0.05) is 22.0 Å². The topological polar surface area (TPSA) is 115 Å². The Morgan fingerprint density at radius 2 is 1.91 bits per heavy atom. The standard InChI is InChI=1S/C14H16ClNO6/c15-7-2-1-6-3-10(16-8(6)4-7)22-14-13(20)12(19)11(18)9(5-17)21-14/h1-4,9,11-14,16-20H,5H2. The van der Waals surface area contributed by atoms with E-state index in [1.165, 1.54) is 0 Å². The van der Waals surface area contributed by atoms with Crippen LogP contribution >= 0.6 is 11.6 Å². The highest BCUT2D eigenvalue weighted by Gasteiger charge is 2.44. The maximum Gasteiger partial charge on any atom is 0.230 e. The summed E-state index contributed by atoms with van der Waals surface area (Å²) in [6.07, 6.45) is -6.58. The first-order valence-electron chi connectivity index (χ1n) is 6.75. The lowest BCUT2D eigenvalue weighted by atomic mass is 9.99. The van der Waals surface area contributed by atoms with Gasteiger partial charge in [0.25, 0.3) is 0 Å². The molecule has 8 heteroatoms. The number of aromatic amines is 1. The molecule has 0 radical (unpaired) electrons. The Hall–Kier alpha value is -1.35. The summed E-state index contributed by atoms with van der Waals surface area (Å²) in [6, 6.07) is 6.94. The summed E-state index contributed by atoms with van der Waals surface area (Å²) in [4.78, 5) is 2.96. The van der Waals surface area contributed by atoms with Crippen molar-refractivity contribution >= 4 is 22.5 Å². The summed E-state index contributed by atoms with van der Waals surface area (Å²) >= 11 is 5.90. The van der Waals surface area contributed by atoms with E-state index in [2.05, 4.69) is 4.98 Å². The first-order chi connectivity index (χ1) is 10.5. The van der Waals surface area contributed by atoms with Crippen LogP contribution in [0.3, 0.4) is 0 Å². The molecule has 5 atom stereocenters. The molecule has 2 aromatic rings. The van der Waals surface area contributed by atoms with Crippen molar-refractivity contribution in [2.45, 2.75) is 30.7 Å². The first-order valence-corrected chi connectivity index (χ1v) is 7.13. The summed E-state index contributed by atoms with van der Waals surface area (Å²) in [5, 5.41) is 39.9. The number of ether oxygens (including phenoxy) is 2. The Kier molecular flexibility index (Phi) is 4.26. The zero-order chi connectivity index (χ0) is 15.9. The second-order valence-corrected chi connectivity index (χ2v) is 5.62. The summed E-state index contributed by atoms with van der Waals surface area (Å²) in [5.74, 6) is 0.307. The SMILES string of the molecule is OCC1OC(Oc2cc3ccc(Cl)cc3[nH]2)C(O)C(O)C1O. The molecule has 3 rings (SSSR count). The Labute approximate surface area is 130 Å². The molecular formula is C14H16ClNO6. The number of halogens is 1. The predicted octanol–water partition coefficient (Wildman–Crippen LogP) is -0.000000000000000500. The lowest BCUT2D eigenvalue weighted by molar-refractivity contribution is -0.278. The molecule has 5 unspecified atom stereocenters. The van der Waals surface area contributed by atoms with E-state index in [4.69, 9.17) is 26.2 Å². The van der Waals surface area contributed by atoms with Gasteiger partial charge in [-0.1, -0.05) is 17.7 Å². The minimum atomic E-state index is -1.48. The second-order valence-electron chi connectivity index (χ2n) is 5.18. The number of aromatic nitrogens is 1. The fraction of sp³-hybridized carbons (Fsp3) is 0.429. The van der Waals surface area contributed by atoms with Crippen LogP contribution in [0.5, 0.6) is 5.88 Å². The van der Waals surface area contributed by atoms with E-state index < -0.39 is 37.3 Å². The first kappa shape index (κ1) is 15.5. The number of H-pyrrole nitrogens is 1. The van der Waals surface area contributed by atoms with Crippen LogP contribution in [0.25, 0.3) is 10.9 Å². The van der Waals surface area contributed by atoms with E-state index in [1.807, 2.05) is 0 Å². The van der Waals surface area contributed by atoms with Crippen LogP contribution in [0.2, 0.25) is 5.02 Å². The van der Waals surface area contributed by atoms with Crippen LogP contribution in [0.1, 0.15) is 0 Å². The molecule has 120 valence electrons. The third-order valence-corrected chi connectivity index (χ3v) is 3.89. The molecule has 0 amide bonds. The molecule has 1 saturated heterocycles. The Balaban J connectivity index is 1.80. The molecule has 0 aliphatic carbocycles. The van der Waals surface area contributed by atoms with Gasteiger partial charge in [-0.3, -0.25) is 0 Å². The fourth-order valence-corrected chi connectivity index (χ4v) is 2.60. The quantitative estimate of drug-likeness (QED) is 0.541. The lowest BCUT2D eigenvalue weighted by Crippen LogP contribution is -2.60. The Morgan fingerprint density at radius 3 is 2.64 bits per heavy atom. The highest BCUT2D eigenvalue weighted by atomic mass is 35.5. The third kappa shape index (κ3) is 2.79. The van der Waals surface area contributed by atoms with Gasteiger partial charge in [0.2, 0.25) is 6.29 Å². The number of benzene rings is 1. The molecule has 1 aliphatic heterocycles. The van der Waals surface area contributed by atoms with E-state index in [1.54, 1.807) is 24.3 Å². The van der Waals surface area contributed by atoms with E-state index in [0.29, 0.717) is 10.9 Å². The number of aliphatic hydroxyl groups is 4. The molecule has 22 heavy (non-hydrogen) atoms. The average Bonchev–Trinajstić information content (AvgIpc) is 2.89. The maximum absolute atomic E-state index is 9.92. The molecule has 1 aromatic heterocycles. The normalized spacial score (nSPS) is 32.3. The van der Waals surface area contributed by atoms with Gasteiger partial charge >= 0.3 is 0 Å². The number of hydrogen-bond acceptors (Lipinski definition) is 6. The molecule has 1 aliphatic rings. The number of hydrogen-bond donors (Lipinski definition) is 5. The van der Waals surface area contributed by atoms with Crippen molar-refractivity contribution in [3.05, 3.63) is 29.3 Å². The monoisotopic (exact) mass is 329 g/mol. The van der Waals surface area contributed by atoms with Crippen LogP contribution in [0, 0.1) is 0 Å². The molecule has 1 aromatic carbocycles. The van der Waals surface area contributed by atoms with Crippen molar-refractivity contribution < 1.29 is 29.9 Å². The van der Waals surface area contributed by atoms with Gasteiger partial charge in [-0.2, -0.15) is 0 Å². The molecule has 0 bridgehead atoms. The summed E-state index contributed by atoms with van der Waals surface area (Å²) < 4.78 is 10.8. The zero-order valence-corrected chi connectivity index (χ0v) is 12.1. The van der Waals surface area contributed by atoms with Gasteiger partial charge in [-0.05, 0) is 12.1 Å². The lowest BCUT2D eigenvalue weighted by Gasteiger charge is -2.39. The van der Waals surface area contributed by atoms with Crippen molar-refractivity contribution in [1.82, 2.24) is 4.98 Å². The molecule has 7 nitrogen and oxygen atoms in total. The highest BCUT2D eigenvalue weighted by Crippen LogP contribution is 2.27. The van der Waals surface area contributed by atoms with E-state index in [9.17, 15) is 15.3 Å². The molecular weight excluding hydrogens is 314 g/mol. The van der Waals surface area contributed by atoms with Gasteiger partial charge in [-0.25, -0.2) is 0 Å². The van der Waals surface area contributed by atoms with Crippen molar-refractivity contribution in [3.8, 4) is 5.88 Å². The van der Waals surface area contributed by atoms with Crippen molar-refractivity contribution in [2.24, 2.45) is 0 Å². The Bertz CT molecular complexity index is 660. The van der Waals surface area contributed by atoms with Crippen LogP contribution in [0.4, 0.5) is 0 Å². The second kappa shape index (κ2) is 6.04. The van der Waals surface area contributed by atoms with Gasteiger partial charge in [-0.15, -0.1) is 0 Å². The van der Waals surface area contributed by atoms with Crippen LogP contribution < -0.4 is 4.74 Å². The molecule has 5 N–H and O–H groups in total. The average molecular weight is 330 g/mol. The molecule has 1 fully saturated rings. The van der Waals surface area contributed by atoms with Crippen molar-refractivity contribution in [1.29, 1.82) is 0 Å². The smallest absolute Gasteiger partial charge is 0.230 e. The number of aliphatic hydroxyl groups excluding tert-OH is 4. The largest absolute Gasteiger partial charge is 0.447 e. The number of fused-ring (bicyclic) bond motifs is 1. The van der Waals surface area contributed by atoms with Crippen LogP contribution in [-0.4, -0.2) is 62.7 Å². The van der Waals surface area contributed by atoms with Gasteiger partial charge in [0.15, 0.2) is 5.88 Å². The summed E-state index contributed by atoms with van der Waals surface area (Å²) in [6.45, 7) is -0.507. The third-order valence-electron chi connectivity index (χ3n) is 3.65. The maximum atomic E-state index is 9.92. The predicted molar refractivity (Wildman–Crippen MR) is 77.7 cm³/mol. The van der Waals surface area contributed by atoms with Crippen molar-refractivity contribution in [3.63, 3.8) is 0 Å². The summed E-state index contributed by atoms with van der Waals surface area (Å²) in [5.41, 5.74) is 0.743. The minimum Gasteiger partial charge on any atom is -0.447 e. The fourth-order valence-electron chi connectivity index (χ4n) is 2.43. The highest BCUT2D eigenvalue weighted by molar-refractivity contribution is 6.31. The molecule has 2 heterocycles. The van der Waals surface area contributed by atoms with E-state index >= 15 is 0 Å². The zero-order valence-electron chi connectivity index (χ0n) is 11.4. The Morgan fingerprint density at radius 1 is 1.14 bits per heavy atom. The van der Waals surface area contributed by atoms with Crippen LogP contribution in [0.15, 0.2) is 24.3 Å².